The van der Waals surface area contributed by atoms with Gasteiger partial charge in [-0.25, -0.2) is 0 Å². The molecule has 5 nitrogen and oxygen atoms in total. The van der Waals surface area contributed by atoms with E-state index < -0.39 is 6.23 Å². The summed E-state index contributed by atoms with van der Waals surface area (Å²) in [7, 11) is 0. The van der Waals surface area contributed by atoms with Crippen LogP contribution in [0.25, 0.3) is 0 Å². The topological polar surface area (TPSA) is 70.3 Å². The third kappa shape index (κ3) is 4.82. The maximum Gasteiger partial charge on any atom is 0.227 e. The summed E-state index contributed by atoms with van der Waals surface area (Å²) in [4.78, 5) is 0. The lowest BCUT2D eigenvalue weighted by Gasteiger charge is -2.11. The van der Waals surface area contributed by atoms with E-state index in [0.717, 1.165) is 29.3 Å². The first-order chi connectivity index (χ1) is 11.5. The molecule has 130 valence electrons. The zero-order valence-electron chi connectivity index (χ0n) is 14.5. The van der Waals surface area contributed by atoms with Crippen LogP contribution in [0.15, 0.2) is 46.5 Å². The molecule has 2 aliphatic rings. The Morgan fingerprint density at radius 1 is 1.54 bits per heavy atom. The average Bonchev–Trinajstić information content (AvgIpc) is 3.45. The smallest absolute Gasteiger partial charge is 0.227 e. The number of hydrogen-bond acceptors (Lipinski definition) is 5. The van der Waals surface area contributed by atoms with E-state index in [2.05, 4.69) is 22.4 Å². The number of allylic oxidation sites excluding steroid dienone is 3. The van der Waals surface area contributed by atoms with Gasteiger partial charge >= 0.3 is 0 Å². The number of nitrogens with one attached hydrogen (secondary N) is 2. The van der Waals surface area contributed by atoms with Crippen molar-refractivity contribution in [2.45, 2.75) is 45.4 Å². The molecule has 0 aliphatic heterocycles. The van der Waals surface area contributed by atoms with E-state index in [-0.39, 0.29) is 0 Å². The molecule has 1 heterocycles. The van der Waals surface area contributed by atoms with Crippen LogP contribution in [0.4, 0.5) is 5.88 Å². The number of anilines is 1. The lowest BCUT2D eigenvalue weighted by atomic mass is 10.1. The van der Waals surface area contributed by atoms with E-state index in [4.69, 9.17) is 4.52 Å². The normalized spacial score (nSPS) is 25.0. The molecule has 0 radical (unpaired) electrons. The monoisotopic (exact) mass is 329 g/mol. The summed E-state index contributed by atoms with van der Waals surface area (Å²) in [6.07, 6.45) is 9.04. The summed E-state index contributed by atoms with van der Waals surface area (Å²) < 4.78 is 5.04. The highest BCUT2D eigenvalue weighted by Gasteiger charge is 2.38. The van der Waals surface area contributed by atoms with Gasteiger partial charge in [-0.1, -0.05) is 35.5 Å². The Bertz CT molecular complexity index is 643. The summed E-state index contributed by atoms with van der Waals surface area (Å²) in [5.41, 5.74) is 2.73. The molecule has 3 unspecified atom stereocenters. The number of hydrogen-bond donors (Lipinski definition) is 3. The molecular weight excluding hydrogens is 302 g/mol. The van der Waals surface area contributed by atoms with E-state index in [1.165, 1.54) is 19.3 Å². The van der Waals surface area contributed by atoms with Crippen molar-refractivity contribution in [2.75, 3.05) is 11.9 Å². The number of aromatic nitrogens is 1. The second-order valence-corrected chi connectivity index (χ2v) is 7.02. The van der Waals surface area contributed by atoms with Gasteiger partial charge in [0.25, 0.3) is 0 Å². The minimum atomic E-state index is -0.802. The molecule has 2 fully saturated rings. The Balaban J connectivity index is 1.41. The first-order valence-corrected chi connectivity index (χ1v) is 8.68. The maximum absolute atomic E-state index is 10.1. The van der Waals surface area contributed by atoms with Gasteiger partial charge in [0.2, 0.25) is 5.88 Å². The quantitative estimate of drug-likeness (QED) is 0.479. The van der Waals surface area contributed by atoms with E-state index in [9.17, 15) is 5.11 Å². The number of aliphatic hydroxyl groups is 1. The molecule has 3 atom stereocenters. The van der Waals surface area contributed by atoms with Gasteiger partial charge in [-0.2, -0.15) is 0 Å². The van der Waals surface area contributed by atoms with Crippen molar-refractivity contribution >= 4 is 5.88 Å². The van der Waals surface area contributed by atoms with Crippen molar-refractivity contribution in [3.8, 4) is 0 Å². The predicted molar refractivity (Wildman–Crippen MR) is 95.5 cm³/mol. The highest BCUT2D eigenvalue weighted by atomic mass is 16.5. The van der Waals surface area contributed by atoms with Gasteiger partial charge < -0.3 is 20.3 Å². The van der Waals surface area contributed by atoms with Crippen LogP contribution in [-0.4, -0.2) is 29.1 Å². The third-order valence-electron chi connectivity index (χ3n) is 4.64. The van der Waals surface area contributed by atoms with Crippen LogP contribution >= 0.6 is 0 Å². The molecule has 24 heavy (non-hydrogen) atoms. The summed E-state index contributed by atoms with van der Waals surface area (Å²) >= 11 is 0. The highest BCUT2D eigenvalue weighted by molar-refractivity contribution is 5.35. The molecule has 3 rings (SSSR count). The van der Waals surface area contributed by atoms with Crippen LogP contribution in [0.1, 0.15) is 31.9 Å². The molecule has 1 aromatic rings. The van der Waals surface area contributed by atoms with Gasteiger partial charge in [-0.05, 0) is 51.1 Å². The lowest BCUT2D eigenvalue weighted by Crippen LogP contribution is -2.21. The second-order valence-electron chi connectivity index (χ2n) is 7.02. The molecule has 5 heteroatoms. The van der Waals surface area contributed by atoms with Crippen LogP contribution in [0.3, 0.4) is 0 Å². The van der Waals surface area contributed by atoms with Crippen molar-refractivity contribution in [1.29, 1.82) is 0 Å². The fourth-order valence-corrected chi connectivity index (χ4v) is 2.69. The molecule has 0 saturated heterocycles. The van der Waals surface area contributed by atoms with Crippen LogP contribution < -0.4 is 10.6 Å². The Morgan fingerprint density at radius 3 is 3.00 bits per heavy atom. The minimum absolute atomic E-state index is 0.462. The summed E-state index contributed by atoms with van der Waals surface area (Å²) in [5, 5.41) is 20.4. The van der Waals surface area contributed by atoms with E-state index in [1.807, 2.05) is 32.1 Å². The maximum atomic E-state index is 10.1. The zero-order valence-corrected chi connectivity index (χ0v) is 14.5. The minimum Gasteiger partial charge on any atom is -0.370 e. The highest BCUT2D eigenvalue weighted by Crippen LogP contribution is 2.38. The molecule has 2 aliphatic carbocycles. The van der Waals surface area contributed by atoms with Gasteiger partial charge in [0.15, 0.2) is 0 Å². The van der Waals surface area contributed by atoms with Gasteiger partial charge in [0.1, 0.15) is 6.23 Å². The first kappa shape index (κ1) is 17.0. The van der Waals surface area contributed by atoms with Gasteiger partial charge in [0.05, 0.1) is 5.69 Å². The molecule has 0 amide bonds. The summed E-state index contributed by atoms with van der Waals surface area (Å²) in [6, 6.07) is 2.35. The Hall–Kier alpha value is -1.85. The molecule has 1 aromatic heterocycles. The van der Waals surface area contributed by atoms with Gasteiger partial charge in [0, 0.05) is 18.0 Å². The number of aliphatic hydroxyl groups excluding tert-OH is 1. The Labute approximate surface area is 143 Å². The fourth-order valence-electron chi connectivity index (χ4n) is 2.69. The van der Waals surface area contributed by atoms with Gasteiger partial charge in [-0.15, -0.1) is 0 Å². The second kappa shape index (κ2) is 7.36. The van der Waals surface area contributed by atoms with Crippen LogP contribution in [0.5, 0.6) is 0 Å². The van der Waals surface area contributed by atoms with E-state index in [0.29, 0.717) is 17.8 Å². The molecule has 0 aromatic carbocycles. The van der Waals surface area contributed by atoms with Crippen LogP contribution in [0.2, 0.25) is 0 Å². The Kier molecular flexibility index (Phi) is 5.21. The number of nitrogens with zero attached hydrogens (tertiary/aromatic N) is 1. The predicted octanol–water partition coefficient (Wildman–Crippen LogP) is 3.16. The average molecular weight is 329 g/mol. The molecule has 0 bridgehead atoms. The molecular formula is C19H27N3O2. The molecule has 3 N–H and O–H groups in total. The van der Waals surface area contributed by atoms with Crippen molar-refractivity contribution in [2.24, 2.45) is 11.8 Å². The van der Waals surface area contributed by atoms with Crippen molar-refractivity contribution in [3.63, 3.8) is 0 Å². The molecule has 2 saturated carbocycles. The third-order valence-corrected chi connectivity index (χ3v) is 4.64. The van der Waals surface area contributed by atoms with E-state index in [1.54, 1.807) is 6.07 Å². The van der Waals surface area contributed by atoms with Crippen molar-refractivity contribution < 1.29 is 9.63 Å². The number of aryl methyl sites for hydroxylation is 1. The standard InChI is InChI=1S/C19H27N3O2/c1-12(16-10-17(16)20-11-15-7-8-15)5-4-6-13(2)19(23)21-18-9-14(3)22-24-18/h4-6,9,15-17,19-21,23H,1,7-8,10-11H2,2-3H3/b5-4-,13-6+. The van der Waals surface area contributed by atoms with Crippen LogP contribution in [-0.2, 0) is 0 Å². The lowest BCUT2D eigenvalue weighted by molar-refractivity contribution is 0.234. The SMILES string of the molecule is C=C(/C=C\C=C(/C)C(O)Nc1cc(C)no1)C1CC1NCC1CC1. The fraction of sp³-hybridized carbons (Fsp3) is 0.526. The van der Waals surface area contributed by atoms with E-state index >= 15 is 0 Å². The van der Waals surface area contributed by atoms with Crippen molar-refractivity contribution in [1.82, 2.24) is 10.5 Å². The Morgan fingerprint density at radius 2 is 2.33 bits per heavy atom. The zero-order chi connectivity index (χ0) is 17.1. The summed E-state index contributed by atoms with van der Waals surface area (Å²) in [5.74, 6) is 1.94. The van der Waals surface area contributed by atoms with Crippen molar-refractivity contribution in [3.05, 3.63) is 47.7 Å². The first-order valence-electron chi connectivity index (χ1n) is 8.68. The van der Waals surface area contributed by atoms with Crippen LogP contribution in [0, 0.1) is 18.8 Å². The van der Waals surface area contributed by atoms with Gasteiger partial charge in [-0.3, -0.25) is 0 Å². The number of rotatable bonds is 9. The molecule has 0 spiro atoms. The largest absolute Gasteiger partial charge is 0.370 e. The summed E-state index contributed by atoms with van der Waals surface area (Å²) in [6.45, 7) is 9.03.